The van der Waals surface area contributed by atoms with Gasteiger partial charge in [-0.25, -0.2) is 0 Å². The van der Waals surface area contributed by atoms with Crippen molar-refractivity contribution in [1.29, 1.82) is 0 Å². The van der Waals surface area contributed by atoms with Gasteiger partial charge in [-0.05, 0) is 26.0 Å². The van der Waals surface area contributed by atoms with Crippen molar-refractivity contribution in [2.24, 2.45) is 0 Å². The third-order valence-electron chi connectivity index (χ3n) is 3.41. The van der Waals surface area contributed by atoms with Crippen LogP contribution in [0.4, 0.5) is 0 Å². The number of rotatable bonds is 5. The van der Waals surface area contributed by atoms with Gasteiger partial charge in [0.15, 0.2) is 0 Å². The Bertz CT molecular complexity index is 419. The van der Waals surface area contributed by atoms with Crippen LogP contribution in [0.5, 0.6) is 5.75 Å². The fourth-order valence-electron chi connectivity index (χ4n) is 2.70. The Morgan fingerprint density at radius 2 is 2.00 bits per heavy atom. The van der Waals surface area contributed by atoms with Gasteiger partial charge in [0, 0.05) is 0 Å². The monoisotopic (exact) mass is 300 g/mol. The maximum Gasteiger partial charge on any atom is 0.138 e. The number of halogens is 1. The van der Waals surface area contributed by atoms with Crippen LogP contribution in [0.2, 0.25) is 5.02 Å². The van der Waals surface area contributed by atoms with Crippen molar-refractivity contribution in [2.75, 3.05) is 26.2 Å². The number of ether oxygens (including phenoxy) is 2. The molecule has 1 aromatic rings. The summed E-state index contributed by atoms with van der Waals surface area (Å²) >= 11 is 6.01. The largest absolute Gasteiger partial charge is 0.489 e. The van der Waals surface area contributed by atoms with Crippen molar-refractivity contribution in [3.63, 3.8) is 0 Å². The molecule has 4 nitrogen and oxygen atoms in total. The first-order valence-corrected chi connectivity index (χ1v) is 7.47. The molecular formula is C15H23ClNO3+. The Morgan fingerprint density at radius 3 is 2.65 bits per heavy atom. The molecule has 1 aromatic carbocycles. The van der Waals surface area contributed by atoms with Crippen LogP contribution in [0.15, 0.2) is 24.3 Å². The summed E-state index contributed by atoms with van der Waals surface area (Å²) in [6.07, 6.45) is -0.0188. The molecule has 0 amide bonds. The first kappa shape index (κ1) is 15.6. The van der Waals surface area contributed by atoms with Crippen LogP contribution in [0.25, 0.3) is 0 Å². The van der Waals surface area contributed by atoms with Crippen LogP contribution in [0, 0.1) is 0 Å². The molecular weight excluding hydrogens is 278 g/mol. The van der Waals surface area contributed by atoms with Crippen LogP contribution in [-0.4, -0.2) is 49.7 Å². The highest BCUT2D eigenvalue weighted by molar-refractivity contribution is 6.32. The van der Waals surface area contributed by atoms with E-state index in [2.05, 4.69) is 13.8 Å². The van der Waals surface area contributed by atoms with Gasteiger partial charge in [0.25, 0.3) is 0 Å². The van der Waals surface area contributed by atoms with Crippen molar-refractivity contribution >= 4 is 11.6 Å². The van der Waals surface area contributed by atoms with Gasteiger partial charge in [-0.15, -0.1) is 0 Å². The van der Waals surface area contributed by atoms with Crippen LogP contribution in [-0.2, 0) is 4.74 Å². The maximum absolute atomic E-state index is 10.1. The van der Waals surface area contributed by atoms with Crippen molar-refractivity contribution < 1.29 is 19.5 Å². The van der Waals surface area contributed by atoms with E-state index >= 15 is 0 Å². The van der Waals surface area contributed by atoms with E-state index in [1.54, 1.807) is 12.1 Å². The first-order chi connectivity index (χ1) is 9.54. The molecule has 0 aliphatic carbocycles. The van der Waals surface area contributed by atoms with Crippen LogP contribution in [0.3, 0.4) is 0 Å². The third-order valence-corrected chi connectivity index (χ3v) is 3.72. The van der Waals surface area contributed by atoms with Gasteiger partial charge in [-0.2, -0.15) is 0 Å². The summed E-state index contributed by atoms with van der Waals surface area (Å²) in [7, 11) is 0. The van der Waals surface area contributed by atoms with E-state index in [1.165, 1.54) is 4.90 Å². The molecule has 2 rings (SSSR count). The molecule has 1 fully saturated rings. The summed E-state index contributed by atoms with van der Waals surface area (Å²) in [6, 6.07) is 7.30. The second-order valence-electron chi connectivity index (χ2n) is 5.51. The Kier molecular flexibility index (Phi) is 5.66. The van der Waals surface area contributed by atoms with Crippen LogP contribution < -0.4 is 9.64 Å². The van der Waals surface area contributed by atoms with Gasteiger partial charge < -0.3 is 19.5 Å². The van der Waals surface area contributed by atoms with Crippen molar-refractivity contribution in [1.82, 2.24) is 0 Å². The van der Waals surface area contributed by atoms with Crippen molar-refractivity contribution in [3.8, 4) is 5.75 Å². The lowest BCUT2D eigenvalue weighted by Crippen LogP contribution is -3.16. The zero-order valence-electron chi connectivity index (χ0n) is 12.0. The highest BCUT2D eigenvalue weighted by Crippen LogP contribution is 2.22. The SMILES string of the molecule is C[C@H]1C[NH+](C[C@H](O)COc2ccccc2Cl)C[C@H](C)O1. The molecule has 1 heterocycles. The molecule has 1 aliphatic rings. The molecule has 2 N–H and O–H groups in total. The number of hydrogen-bond acceptors (Lipinski definition) is 3. The Balaban J connectivity index is 1.78. The second kappa shape index (κ2) is 7.27. The highest BCUT2D eigenvalue weighted by Gasteiger charge is 2.27. The van der Waals surface area contributed by atoms with Gasteiger partial charge in [0.2, 0.25) is 0 Å². The number of aliphatic hydroxyl groups excluding tert-OH is 1. The molecule has 112 valence electrons. The molecule has 0 spiro atoms. The topological polar surface area (TPSA) is 43.1 Å². The van der Waals surface area contributed by atoms with Crippen LogP contribution >= 0.6 is 11.6 Å². The van der Waals surface area contributed by atoms with E-state index in [9.17, 15) is 5.11 Å². The molecule has 20 heavy (non-hydrogen) atoms. The molecule has 3 atom stereocenters. The zero-order valence-corrected chi connectivity index (χ0v) is 12.8. The van der Waals surface area contributed by atoms with E-state index in [0.717, 1.165) is 13.1 Å². The lowest BCUT2D eigenvalue weighted by molar-refractivity contribution is -0.918. The number of para-hydroxylation sites is 1. The molecule has 1 saturated heterocycles. The lowest BCUT2D eigenvalue weighted by Gasteiger charge is -2.33. The Labute approximate surface area is 125 Å². The molecule has 0 unspecified atom stereocenters. The summed E-state index contributed by atoms with van der Waals surface area (Å²) in [6.45, 7) is 6.92. The number of benzene rings is 1. The van der Waals surface area contributed by atoms with E-state index in [1.807, 2.05) is 12.1 Å². The normalized spacial score (nSPS) is 28.1. The lowest BCUT2D eigenvalue weighted by atomic mass is 10.2. The zero-order chi connectivity index (χ0) is 14.5. The fourth-order valence-corrected chi connectivity index (χ4v) is 2.89. The van der Waals surface area contributed by atoms with Crippen molar-refractivity contribution in [2.45, 2.75) is 32.2 Å². The minimum atomic E-state index is -0.501. The summed E-state index contributed by atoms with van der Waals surface area (Å²) < 4.78 is 11.3. The number of morpholine rings is 1. The minimum Gasteiger partial charge on any atom is -0.489 e. The van der Waals surface area contributed by atoms with Gasteiger partial charge in [-0.3, -0.25) is 0 Å². The standard InChI is InChI=1S/C15H22ClNO3/c1-11-7-17(8-12(2)20-11)9-13(18)10-19-15-6-4-3-5-14(15)16/h3-6,11-13,18H,7-10H2,1-2H3/p+1/t11-,12-,13-/m0/s1. The third kappa shape index (κ3) is 4.63. The molecule has 5 heteroatoms. The average Bonchev–Trinajstić information content (AvgIpc) is 2.36. The van der Waals surface area contributed by atoms with Gasteiger partial charge in [0.1, 0.15) is 50.3 Å². The van der Waals surface area contributed by atoms with E-state index in [0.29, 0.717) is 17.3 Å². The van der Waals surface area contributed by atoms with E-state index < -0.39 is 6.10 Å². The number of aliphatic hydroxyl groups is 1. The van der Waals surface area contributed by atoms with E-state index in [-0.39, 0.29) is 18.8 Å². The average molecular weight is 301 g/mol. The molecule has 0 aromatic heterocycles. The second-order valence-corrected chi connectivity index (χ2v) is 5.92. The molecule has 0 radical (unpaired) electrons. The minimum absolute atomic E-state index is 0.241. The number of hydrogen-bond donors (Lipinski definition) is 2. The summed E-state index contributed by atoms with van der Waals surface area (Å²) in [5.41, 5.74) is 0. The predicted octanol–water partition coefficient (Wildman–Crippen LogP) is 0.772. The molecule has 0 bridgehead atoms. The predicted molar refractivity (Wildman–Crippen MR) is 78.5 cm³/mol. The summed E-state index contributed by atoms with van der Waals surface area (Å²) in [5, 5.41) is 10.7. The van der Waals surface area contributed by atoms with Gasteiger partial charge in [-0.1, -0.05) is 23.7 Å². The molecule has 1 aliphatic heterocycles. The smallest absolute Gasteiger partial charge is 0.138 e. The van der Waals surface area contributed by atoms with Gasteiger partial charge in [0.05, 0.1) is 5.02 Å². The fraction of sp³-hybridized carbons (Fsp3) is 0.600. The number of nitrogens with one attached hydrogen (secondary N) is 1. The first-order valence-electron chi connectivity index (χ1n) is 7.09. The van der Waals surface area contributed by atoms with Gasteiger partial charge >= 0.3 is 0 Å². The van der Waals surface area contributed by atoms with E-state index in [4.69, 9.17) is 21.1 Å². The van der Waals surface area contributed by atoms with Crippen LogP contribution in [0.1, 0.15) is 13.8 Å². The Morgan fingerprint density at radius 1 is 1.35 bits per heavy atom. The Hall–Kier alpha value is -0.810. The number of quaternary nitrogens is 1. The molecule has 0 saturated carbocycles. The highest BCUT2D eigenvalue weighted by atomic mass is 35.5. The summed E-state index contributed by atoms with van der Waals surface area (Å²) in [4.78, 5) is 1.35. The van der Waals surface area contributed by atoms with Crippen molar-refractivity contribution in [3.05, 3.63) is 29.3 Å². The summed E-state index contributed by atoms with van der Waals surface area (Å²) in [5.74, 6) is 0.618. The maximum atomic E-state index is 10.1. The quantitative estimate of drug-likeness (QED) is 0.844.